The van der Waals surface area contributed by atoms with Crippen molar-refractivity contribution in [2.45, 2.75) is 18.1 Å². The predicted octanol–water partition coefficient (Wildman–Crippen LogP) is 2.59. The van der Waals surface area contributed by atoms with E-state index in [1.807, 2.05) is 17.8 Å². The molecule has 1 aliphatic heterocycles. The summed E-state index contributed by atoms with van der Waals surface area (Å²) in [7, 11) is 0. The summed E-state index contributed by atoms with van der Waals surface area (Å²) in [5, 5.41) is 11.2. The SMILES string of the molecule is O=C(O)CCC1=CC=CC2SC=CC12. The number of allylic oxidation sites excluding steroid dienone is 4. The molecule has 14 heavy (non-hydrogen) atoms. The summed E-state index contributed by atoms with van der Waals surface area (Å²) in [5.41, 5.74) is 1.25. The Morgan fingerprint density at radius 1 is 1.50 bits per heavy atom. The molecule has 2 nitrogen and oxygen atoms in total. The molecule has 0 fully saturated rings. The van der Waals surface area contributed by atoms with Gasteiger partial charge in [0.25, 0.3) is 0 Å². The predicted molar refractivity (Wildman–Crippen MR) is 58.1 cm³/mol. The van der Waals surface area contributed by atoms with Crippen molar-refractivity contribution < 1.29 is 9.90 Å². The average molecular weight is 208 g/mol. The topological polar surface area (TPSA) is 37.3 Å². The molecule has 0 saturated carbocycles. The van der Waals surface area contributed by atoms with Gasteiger partial charge < -0.3 is 5.11 Å². The van der Waals surface area contributed by atoms with Crippen LogP contribution in [0.2, 0.25) is 0 Å². The second-order valence-corrected chi connectivity index (χ2v) is 4.56. The van der Waals surface area contributed by atoms with Crippen LogP contribution in [0.5, 0.6) is 0 Å². The fourth-order valence-corrected chi connectivity index (χ4v) is 2.87. The number of hydrogen-bond donors (Lipinski definition) is 1. The Morgan fingerprint density at radius 2 is 2.36 bits per heavy atom. The third-order valence-corrected chi connectivity index (χ3v) is 3.62. The number of carbonyl (C=O) groups is 1. The minimum Gasteiger partial charge on any atom is -0.481 e. The van der Waals surface area contributed by atoms with Crippen LogP contribution in [-0.2, 0) is 4.79 Å². The van der Waals surface area contributed by atoms with Gasteiger partial charge in [0.05, 0.1) is 0 Å². The van der Waals surface area contributed by atoms with E-state index >= 15 is 0 Å². The van der Waals surface area contributed by atoms with E-state index in [2.05, 4.69) is 23.6 Å². The first-order valence-corrected chi connectivity index (χ1v) is 5.63. The van der Waals surface area contributed by atoms with Crippen LogP contribution in [0.25, 0.3) is 0 Å². The van der Waals surface area contributed by atoms with Gasteiger partial charge in [0.1, 0.15) is 0 Å². The fourth-order valence-electron chi connectivity index (χ4n) is 1.82. The molecule has 0 bridgehead atoms. The quantitative estimate of drug-likeness (QED) is 0.774. The van der Waals surface area contributed by atoms with E-state index in [9.17, 15) is 4.79 Å². The fraction of sp³-hybridized carbons (Fsp3) is 0.364. The van der Waals surface area contributed by atoms with Crippen LogP contribution in [0, 0.1) is 5.92 Å². The molecule has 2 atom stereocenters. The smallest absolute Gasteiger partial charge is 0.303 e. The highest BCUT2D eigenvalue weighted by Gasteiger charge is 2.26. The first-order chi connectivity index (χ1) is 6.77. The Balaban J connectivity index is 2.02. The molecule has 74 valence electrons. The maximum absolute atomic E-state index is 10.5. The van der Waals surface area contributed by atoms with Crippen LogP contribution in [0.4, 0.5) is 0 Å². The van der Waals surface area contributed by atoms with E-state index in [4.69, 9.17) is 5.11 Å². The van der Waals surface area contributed by atoms with Crippen LogP contribution >= 0.6 is 11.8 Å². The van der Waals surface area contributed by atoms with Crippen molar-refractivity contribution in [1.82, 2.24) is 0 Å². The zero-order valence-electron chi connectivity index (χ0n) is 7.72. The minimum atomic E-state index is -0.716. The molecule has 0 aromatic rings. The van der Waals surface area contributed by atoms with E-state index in [0.29, 0.717) is 17.6 Å². The van der Waals surface area contributed by atoms with Gasteiger partial charge in [-0.15, -0.1) is 11.8 Å². The molecule has 2 unspecified atom stereocenters. The highest BCUT2D eigenvalue weighted by molar-refractivity contribution is 8.03. The number of rotatable bonds is 3. The molecule has 1 heterocycles. The van der Waals surface area contributed by atoms with Gasteiger partial charge in [0.2, 0.25) is 0 Å². The highest BCUT2D eigenvalue weighted by atomic mass is 32.2. The molecule has 1 N–H and O–H groups in total. The largest absolute Gasteiger partial charge is 0.481 e. The standard InChI is InChI=1S/C11H12O2S/c12-11(13)5-4-8-2-1-3-10-9(8)6-7-14-10/h1-3,6-7,9-10H,4-5H2,(H,12,13). The maximum atomic E-state index is 10.5. The highest BCUT2D eigenvalue weighted by Crippen LogP contribution is 2.39. The lowest BCUT2D eigenvalue weighted by Gasteiger charge is -2.21. The molecule has 2 rings (SSSR count). The van der Waals surface area contributed by atoms with E-state index in [1.165, 1.54) is 5.57 Å². The van der Waals surface area contributed by atoms with Gasteiger partial charge in [-0.25, -0.2) is 0 Å². The molecular weight excluding hydrogens is 196 g/mol. The molecule has 0 radical (unpaired) electrons. The lowest BCUT2D eigenvalue weighted by molar-refractivity contribution is -0.136. The first kappa shape index (κ1) is 9.59. The van der Waals surface area contributed by atoms with Gasteiger partial charge in [-0.3, -0.25) is 4.79 Å². The number of thioether (sulfide) groups is 1. The minimum absolute atomic E-state index is 0.237. The average Bonchev–Trinajstić information content (AvgIpc) is 2.62. The van der Waals surface area contributed by atoms with Crippen LogP contribution < -0.4 is 0 Å². The third kappa shape index (κ3) is 1.93. The van der Waals surface area contributed by atoms with Gasteiger partial charge in [-0.1, -0.05) is 29.9 Å². The molecule has 3 heteroatoms. The Labute approximate surface area is 87.4 Å². The summed E-state index contributed by atoms with van der Waals surface area (Å²) in [6.45, 7) is 0. The van der Waals surface area contributed by atoms with Gasteiger partial charge in [0, 0.05) is 17.6 Å². The van der Waals surface area contributed by atoms with E-state index < -0.39 is 5.97 Å². The summed E-state index contributed by atoms with van der Waals surface area (Å²) >= 11 is 1.81. The summed E-state index contributed by atoms with van der Waals surface area (Å²) < 4.78 is 0. The van der Waals surface area contributed by atoms with Gasteiger partial charge in [-0.2, -0.15) is 0 Å². The number of carboxylic acid groups (broad SMARTS) is 1. The first-order valence-electron chi connectivity index (χ1n) is 4.68. The normalized spacial score (nSPS) is 28.7. The zero-order valence-corrected chi connectivity index (χ0v) is 8.54. The van der Waals surface area contributed by atoms with Crippen LogP contribution in [-0.4, -0.2) is 16.3 Å². The molecule has 0 saturated heterocycles. The van der Waals surface area contributed by atoms with Crippen molar-refractivity contribution >= 4 is 17.7 Å². The van der Waals surface area contributed by atoms with Gasteiger partial charge in [-0.05, 0) is 11.8 Å². The van der Waals surface area contributed by atoms with E-state index in [1.54, 1.807) is 0 Å². The monoisotopic (exact) mass is 208 g/mol. The number of hydrogen-bond acceptors (Lipinski definition) is 2. The molecular formula is C11H12O2S. The second-order valence-electron chi connectivity index (χ2n) is 3.48. The second kappa shape index (κ2) is 4.05. The number of fused-ring (bicyclic) bond motifs is 1. The van der Waals surface area contributed by atoms with Gasteiger partial charge in [0.15, 0.2) is 0 Å². The van der Waals surface area contributed by atoms with Crippen LogP contribution in [0.1, 0.15) is 12.8 Å². The summed E-state index contributed by atoms with van der Waals surface area (Å²) in [5.74, 6) is -0.281. The lowest BCUT2D eigenvalue weighted by Crippen LogP contribution is -2.15. The van der Waals surface area contributed by atoms with Crippen molar-refractivity contribution in [2.24, 2.45) is 5.92 Å². The Bertz CT molecular complexity index is 328. The van der Waals surface area contributed by atoms with E-state index in [0.717, 1.165) is 0 Å². The maximum Gasteiger partial charge on any atom is 0.303 e. The Hall–Kier alpha value is -0.960. The lowest BCUT2D eigenvalue weighted by atomic mass is 9.88. The molecule has 0 aromatic heterocycles. The molecule has 0 amide bonds. The number of aliphatic carboxylic acids is 1. The summed E-state index contributed by atoms with van der Waals surface area (Å²) in [4.78, 5) is 10.5. The van der Waals surface area contributed by atoms with Crippen LogP contribution in [0.3, 0.4) is 0 Å². The van der Waals surface area contributed by atoms with Crippen molar-refractivity contribution in [1.29, 1.82) is 0 Å². The summed E-state index contributed by atoms with van der Waals surface area (Å²) in [6, 6.07) is 0. The van der Waals surface area contributed by atoms with Crippen LogP contribution in [0.15, 0.2) is 35.3 Å². The molecule has 0 aromatic carbocycles. The zero-order chi connectivity index (χ0) is 9.97. The van der Waals surface area contributed by atoms with E-state index in [-0.39, 0.29) is 6.42 Å². The van der Waals surface area contributed by atoms with Crippen molar-refractivity contribution in [3.05, 3.63) is 35.3 Å². The Morgan fingerprint density at radius 3 is 3.14 bits per heavy atom. The number of carboxylic acids is 1. The Kier molecular flexibility index (Phi) is 2.77. The van der Waals surface area contributed by atoms with Crippen molar-refractivity contribution in [3.63, 3.8) is 0 Å². The molecule has 0 spiro atoms. The van der Waals surface area contributed by atoms with Crippen molar-refractivity contribution in [2.75, 3.05) is 0 Å². The molecule has 2 aliphatic rings. The third-order valence-electron chi connectivity index (χ3n) is 2.54. The van der Waals surface area contributed by atoms with Gasteiger partial charge >= 0.3 is 5.97 Å². The van der Waals surface area contributed by atoms with Crippen molar-refractivity contribution in [3.8, 4) is 0 Å². The summed E-state index contributed by atoms with van der Waals surface area (Å²) in [6.07, 6.45) is 9.36. The molecule has 1 aliphatic carbocycles.